The topological polar surface area (TPSA) is 51.1 Å². The van der Waals surface area contributed by atoms with Crippen molar-refractivity contribution in [3.05, 3.63) is 136 Å². The summed E-state index contributed by atoms with van der Waals surface area (Å²) in [6.07, 6.45) is 3.78. The highest BCUT2D eigenvalue weighted by molar-refractivity contribution is 8.19. The first-order chi connectivity index (χ1) is 21.6. The molecule has 0 atom stereocenters. The molecule has 1 aliphatic rings. The lowest BCUT2D eigenvalue weighted by Gasteiger charge is -2.16. The van der Waals surface area contributed by atoms with Crippen LogP contribution in [-0.2, 0) is 24.2 Å². The van der Waals surface area contributed by atoms with Gasteiger partial charge in [-0.05, 0) is 100 Å². The Morgan fingerprint density at radius 3 is 2.23 bits per heavy atom. The molecule has 6 rings (SSSR count). The summed E-state index contributed by atoms with van der Waals surface area (Å²) < 4.78 is 11.9. The van der Waals surface area contributed by atoms with E-state index >= 15 is 0 Å². The summed E-state index contributed by atoms with van der Waals surface area (Å²) in [6.45, 7) is 4.66. The Bertz CT molecular complexity index is 1860. The van der Waals surface area contributed by atoms with E-state index in [1.807, 2.05) is 66.7 Å². The Morgan fingerprint density at radius 2 is 1.50 bits per heavy atom. The minimum atomic E-state index is -0.113. The van der Waals surface area contributed by atoms with Crippen LogP contribution in [-0.4, -0.2) is 18.2 Å². The zero-order chi connectivity index (χ0) is 30.5. The maximum absolute atomic E-state index is 13.9. The number of carbonyl (C=O) groups is 1. The van der Waals surface area contributed by atoms with Crippen LogP contribution in [0, 0.1) is 0 Å². The van der Waals surface area contributed by atoms with Crippen molar-refractivity contribution in [1.29, 1.82) is 0 Å². The molecule has 1 amide bonds. The summed E-state index contributed by atoms with van der Waals surface area (Å²) in [7, 11) is 1.63. The van der Waals surface area contributed by atoms with E-state index in [4.69, 9.17) is 14.5 Å². The van der Waals surface area contributed by atoms with Crippen LogP contribution in [0.5, 0.6) is 11.5 Å². The number of nitrogens with zero attached hydrogens (tertiary/aromatic N) is 2. The molecule has 5 aromatic rings. The molecule has 0 bridgehead atoms. The Labute approximate surface area is 262 Å². The van der Waals surface area contributed by atoms with Gasteiger partial charge in [-0.2, -0.15) is 0 Å². The number of benzene rings is 5. The lowest BCUT2D eigenvalue weighted by atomic mass is 10.1. The van der Waals surface area contributed by atoms with Gasteiger partial charge >= 0.3 is 0 Å². The molecular formula is C38H34N2O3S. The highest BCUT2D eigenvalue weighted by Gasteiger charge is 2.34. The third-order valence-electron chi connectivity index (χ3n) is 7.73. The third kappa shape index (κ3) is 6.26. The van der Waals surface area contributed by atoms with E-state index in [0.29, 0.717) is 28.2 Å². The number of anilines is 1. The molecule has 5 aromatic carbocycles. The molecule has 1 fully saturated rings. The SMILES string of the molecule is CCc1ccc(N=C2S/C(=C\c3ccc(OCc4cccc5ccccc45)c(OC)c3)C(=O)N2c2ccc(CC)cc2)cc1. The molecule has 0 N–H and O–H groups in total. The minimum Gasteiger partial charge on any atom is -0.493 e. The maximum atomic E-state index is 13.9. The van der Waals surface area contributed by atoms with Crippen molar-refractivity contribution in [2.75, 3.05) is 12.0 Å². The highest BCUT2D eigenvalue weighted by atomic mass is 32.2. The maximum Gasteiger partial charge on any atom is 0.271 e. The van der Waals surface area contributed by atoms with Crippen molar-refractivity contribution in [2.45, 2.75) is 33.3 Å². The second-order valence-corrected chi connectivity index (χ2v) is 11.5. The predicted octanol–water partition coefficient (Wildman–Crippen LogP) is 9.36. The van der Waals surface area contributed by atoms with Gasteiger partial charge in [-0.15, -0.1) is 0 Å². The van der Waals surface area contributed by atoms with Crippen molar-refractivity contribution in [3.63, 3.8) is 0 Å². The van der Waals surface area contributed by atoms with Crippen molar-refractivity contribution < 1.29 is 14.3 Å². The van der Waals surface area contributed by atoms with Gasteiger partial charge in [0, 0.05) is 0 Å². The number of ether oxygens (including phenoxy) is 2. The second-order valence-electron chi connectivity index (χ2n) is 10.5. The molecule has 5 nitrogen and oxygen atoms in total. The molecule has 1 aliphatic heterocycles. The Balaban J connectivity index is 1.28. The largest absolute Gasteiger partial charge is 0.493 e. The molecule has 0 saturated carbocycles. The van der Waals surface area contributed by atoms with Gasteiger partial charge in [-0.1, -0.05) is 86.6 Å². The number of aliphatic imine (C=N–C) groups is 1. The van der Waals surface area contributed by atoms with Crippen molar-refractivity contribution in [2.24, 2.45) is 4.99 Å². The standard InChI is InChI=1S/C38H34N2O3S/c1-4-26-13-18-31(19-14-26)39-38-40(32-20-15-27(5-2)16-21-32)37(41)36(44-38)24-28-17-22-34(35(23-28)42-3)43-25-30-11-8-10-29-9-6-7-12-33(29)30/h6-24H,4-5,25H2,1-3H3/b36-24-,39-38?. The number of methoxy groups -OCH3 is 1. The first-order valence-electron chi connectivity index (χ1n) is 14.8. The molecule has 0 aliphatic carbocycles. The van der Waals surface area contributed by atoms with E-state index in [9.17, 15) is 4.79 Å². The third-order valence-corrected chi connectivity index (χ3v) is 8.70. The van der Waals surface area contributed by atoms with Crippen molar-refractivity contribution >= 4 is 51.1 Å². The van der Waals surface area contributed by atoms with Crippen LogP contribution in [0.3, 0.4) is 0 Å². The van der Waals surface area contributed by atoms with E-state index in [-0.39, 0.29) is 5.91 Å². The van der Waals surface area contributed by atoms with E-state index in [1.54, 1.807) is 12.0 Å². The number of carbonyl (C=O) groups excluding carboxylic acids is 1. The van der Waals surface area contributed by atoms with E-state index in [0.717, 1.165) is 35.3 Å². The Hall–Kier alpha value is -4.81. The molecule has 220 valence electrons. The molecule has 0 spiro atoms. The van der Waals surface area contributed by atoms with Gasteiger partial charge in [-0.3, -0.25) is 9.69 Å². The zero-order valence-corrected chi connectivity index (χ0v) is 25.9. The normalized spacial score (nSPS) is 15.0. The quantitative estimate of drug-likeness (QED) is 0.159. The molecule has 0 unspecified atom stereocenters. The summed E-state index contributed by atoms with van der Waals surface area (Å²) >= 11 is 1.37. The number of hydrogen-bond donors (Lipinski definition) is 0. The van der Waals surface area contributed by atoms with E-state index in [1.165, 1.54) is 33.7 Å². The van der Waals surface area contributed by atoms with Crippen LogP contribution in [0.15, 0.2) is 119 Å². The monoisotopic (exact) mass is 598 g/mol. The molecular weight excluding hydrogens is 564 g/mol. The van der Waals surface area contributed by atoms with Gasteiger partial charge in [0.25, 0.3) is 5.91 Å². The summed E-state index contributed by atoms with van der Waals surface area (Å²) in [6, 6.07) is 36.5. The van der Waals surface area contributed by atoms with E-state index < -0.39 is 0 Å². The van der Waals surface area contributed by atoms with Gasteiger partial charge < -0.3 is 9.47 Å². The Kier molecular flexibility index (Phi) is 8.80. The molecule has 6 heteroatoms. The average Bonchev–Trinajstić information content (AvgIpc) is 3.37. The molecule has 44 heavy (non-hydrogen) atoms. The van der Waals surface area contributed by atoms with Gasteiger partial charge in [0.15, 0.2) is 16.7 Å². The van der Waals surface area contributed by atoms with Crippen LogP contribution in [0.1, 0.15) is 36.1 Å². The number of thioether (sulfide) groups is 1. The summed E-state index contributed by atoms with van der Waals surface area (Å²) in [5.41, 5.74) is 6.00. The van der Waals surface area contributed by atoms with Gasteiger partial charge in [0.1, 0.15) is 6.61 Å². The number of amidine groups is 1. The number of aryl methyl sites for hydroxylation is 2. The molecule has 0 radical (unpaired) electrons. The smallest absolute Gasteiger partial charge is 0.271 e. The number of hydrogen-bond acceptors (Lipinski definition) is 5. The number of fused-ring (bicyclic) bond motifs is 1. The summed E-state index contributed by atoms with van der Waals surface area (Å²) in [5.74, 6) is 1.13. The molecule has 1 heterocycles. The number of rotatable bonds is 9. The Morgan fingerprint density at radius 1 is 0.795 bits per heavy atom. The van der Waals surface area contributed by atoms with Crippen LogP contribution >= 0.6 is 11.8 Å². The molecule has 1 saturated heterocycles. The van der Waals surface area contributed by atoms with Crippen molar-refractivity contribution in [3.8, 4) is 11.5 Å². The van der Waals surface area contributed by atoms with Crippen LogP contribution in [0.4, 0.5) is 11.4 Å². The van der Waals surface area contributed by atoms with Gasteiger partial charge in [-0.25, -0.2) is 4.99 Å². The number of amides is 1. The lowest BCUT2D eigenvalue weighted by molar-refractivity contribution is -0.113. The van der Waals surface area contributed by atoms with Crippen LogP contribution in [0.25, 0.3) is 16.8 Å². The first kappa shape index (κ1) is 29.3. The van der Waals surface area contributed by atoms with Gasteiger partial charge in [0.05, 0.1) is 23.4 Å². The van der Waals surface area contributed by atoms with Crippen molar-refractivity contribution in [1.82, 2.24) is 0 Å². The first-order valence-corrected chi connectivity index (χ1v) is 15.7. The summed E-state index contributed by atoms with van der Waals surface area (Å²) in [5, 5.41) is 2.97. The lowest BCUT2D eigenvalue weighted by Crippen LogP contribution is -2.28. The zero-order valence-electron chi connectivity index (χ0n) is 25.1. The second kappa shape index (κ2) is 13.2. The predicted molar refractivity (Wildman–Crippen MR) is 183 cm³/mol. The summed E-state index contributed by atoms with van der Waals surface area (Å²) in [4.78, 5) is 21.0. The highest BCUT2D eigenvalue weighted by Crippen LogP contribution is 2.39. The fraction of sp³-hybridized carbons (Fsp3) is 0.158. The van der Waals surface area contributed by atoms with Gasteiger partial charge in [0.2, 0.25) is 0 Å². The van der Waals surface area contributed by atoms with Crippen LogP contribution in [0.2, 0.25) is 0 Å². The van der Waals surface area contributed by atoms with E-state index in [2.05, 4.69) is 62.4 Å². The van der Waals surface area contributed by atoms with Crippen LogP contribution < -0.4 is 14.4 Å². The fourth-order valence-electron chi connectivity index (χ4n) is 5.19. The molecule has 0 aromatic heterocycles. The average molecular weight is 599 g/mol. The fourth-order valence-corrected chi connectivity index (χ4v) is 6.19. The minimum absolute atomic E-state index is 0.113.